The fourth-order valence-electron chi connectivity index (χ4n) is 6.29. The van der Waals surface area contributed by atoms with Crippen LogP contribution in [0.1, 0.15) is 41.7 Å². The van der Waals surface area contributed by atoms with Gasteiger partial charge in [-0.1, -0.05) is 11.6 Å². The Hall–Kier alpha value is -2.69. The van der Waals surface area contributed by atoms with Gasteiger partial charge in [0.1, 0.15) is 5.82 Å². The van der Waals surface area contributed by atoms with E-state index in [2.05, 4.69) is 29.6 Å². The molecule has 2 aromatic heterocycles. The Kier molecular flexibility index (Phi) is 5.32. The Labute approximate surface area is 218 Å². The van der Waals surface area contributed by atoms with Crippen molar-refractivity contribution in [2.75, 3.05) is 37.7 Å². The number of benzene rings is 1. The molecule has 3 fully saturated rings. The van der Waals surface area contributed by atoms with Gasteiger partial charge in [0.25, 0.3) is 5.92 Å². The first-order chi connectivity index (χ1) is 17.8. The first-order valence-electron chi connectivity index (χ1n) is 12.7. The summed E-state index contributed by atoms with van der Waals surface area (Å²) in [5.74, 6) is -0.892. The molecule has 8 nitrogen and oxygen atoms in total. The first kappa shape index (κ1) is 23.4. The van der Waals surface area contributed by atoms with Gasteiger partial charge in [-0.05, 0) is 49.6 Å². The predicted octanol–water partition coefficient (Wildman–Crippen LogP) is 4.00. The third kappa shape index (κ3) is 4.00. The molecule has 7 rings (SSSR count). The lowest BCUT2D eigenvalue weighted by atomic mass is 9.57. The van der Waals surface area contributed by atoms with Gasteiger partial charge in [-0.3, -0.25) is 9.47 Å². The molecule has 11 heteroatoms. The average molecular weight is 528 g/mol. The quantitative estimate of drug-likeness (QED) is 0.496. The van der Waals surface area contributed by atoms with Crippen molar-refractivity contribution in [1.82, 2.24) is 29.6 Å². The highest BCUT2D eigenvalue weighted by atomic mass is 35.5. The molecule has 0 bridgehead atoms. The first-order valence-corrected chi connectivity index (χ1v) is 13.1. The molecule has 3 aliphatic heterocycles. The second-order valence-corrected chi connectivity index (χ2v) is 11.6. The number of alkyl halides is 2. The van der Waals surface area contributed by atoms with E-state index in [0.29, 0.717) is 23.9 Å². The van der Waals surface area contributed by atoms with E-state index in [9.17, 15) is 8.78 Å². The van der Waals surface area contributed by atoms with Crippen molar-refractivity contribution in [3.05, 3.63) is 58.4 Å². The van der Waals surface area contributed by atoms with Crippen molar-refractivity contribution < 1.29 is 13.5 Å². The van der Waals surface area contributed by atoms with Gasteiger partial charge < -0.3 is 9.64 Å². The zero-order valence-corrected chi connectivity index (χ0v) is 21.3. The maximum Gasteiger partial charge on any atom is 0.267 e. The van der Waals surface area contributed by atoms with Gasteiger partial charge in [0, 0.05) is 47.9 Å². The Morgan fingerprint density at radius 3 is 2.68 bits per heavy atom. The van der Waals surface area contributed by atoms with Gasteiger partial charge >= 0.3 is 0 Å². The normalized spacial score (nSPS) is 21.6. The van der Waals surface area contributed by atoms with Gasteiger partial charge in [0.15, 0.2) is 5.82 Å². The number of anilines is 1. The maximum atomic E-state index is 14.9. The number of ether oxygens (including phenoxy) is 1. The van der Waals surface area contributed by atoms with Crippen LogP contribution in [-0.4, -0.2) is 68.4 Å². The lowest BCUT2D eigenvalue weighted by Gasteiger charge is -2.58. The van der Waals surface area contributed by atoms with Crippen molar-refractivity contribution in [2.45, 2.75) is 44.7 Å². The molecule has 0 radical (unpaired) electrons. The highest BCUT2D eigenvalue weighted by Crippen LogP contribution is 2.56. The molecular weight excluding hydrogens is 500 g/mol. The molecule has 194 valence electrons. The van der Waals surface area contributed by atoms with Crippen molar-refractivity contribution in [3.63, 3.8) is 0 Å². The highest BCUT2D eigenvalue weighted by molar-refractivity contribution is 6.30. The molecule has 2 saturated heterocycles. The molecule has 1 aromatic carbocycles. The average Bonchev–Trinajstić information content (AvgIpc) is 3.06. The molecule has 37 heavy (non-hydrogen) atoms. The number of nitrogens with zero attached hydrogens (tertiary/aromatic N) is 7. The van der Waals surface area contributed by atoms with Crippen molar-refractivity contribution in [1.29, 1.82) is 0 Å². The minimum absolute atomic E-state index is 0.112. The minimum atomic E-state index is -2.83. The fourth-order valence-corrected chi connectivity index (χ4v) is 6.49. The smallest absolute Gasteiger partial charge is 0.267 e. The van der Waals surface area contributed by atoms with Crippen molar-refractivity contribution in [2.24, 2.45) is 11.3 Å². The van der Waals surface area contributed by atoms with E-state index in [1.807, 2.05) is 31.2 Å². The lowest BCUT2D eigenvalue weighted by molar-refractivity contribution is -0.179. The Balaban J connectivity index is 1.12. The summed E-state index contributed by atoms with van der Waals surface area (Å²) in [6.07, 6.45) is 3.83. The van der Waals surface area contributed by atoms with E-state index >= 15 is 0 Å². The maximum absolute atomic E-state index is 14.9. The van der Waals surface area contributed by atoms with Crippen LogP contribution >= 0.6 is 11.6 Å². The number of halogens is 3. The van der Waals surface area contributed by atoms with Crippen LogP contribution in [0.15, 0.2) is 30.5 Å². The topological polar surface area (TPSA) is 72.2 Å². The highest BCUT2D eigenvalue weighted by Gasteiger charge is 2.55. The third-order valence-electron chi connectivity index (χ3n) is 8.31. The zero-order chi connectivity index (χ0) is 25.4. The number of fused-ring (bicyclic) bond motifs is 3. The molecule has 0 N–H and O–H groups in total. The van der Waals surface area contributed by atoms with Crippen LogP contribution < -0.4 is 4.90 Å². The van der Waals surface area contributed by atoms with E-state index in [1.165, 1.54) is 0 Å². The molecule has 4 aliphatic rings. The van der Waals surface area contributed by atoms with E-state index < -0.39 is 11.8 Å². The Bertz CT molecular complexity index is 1350. The molecule has 0 unspecified atom stereocenters. The second kappa shape index (κ2) is 8.41. The zero-order valence-electron chi connectivity index (χ0n) is 20.6. The SMILES string of the molecule is Cc1ccnc(N2CC3(CC(c4nnc5n4-c4ccc(Cl)cc4CN(CC(F)(F)C4COC4)C5)C3)C2)n1. The third-order valence-corrected chi connectivity index (χ3v) is 8.54. The molecule has 3 aromatic rings. The van der Waals surface area contributed by atoms with Crippen LogP contribution in [0.2, 0.25) is 5.02 Å². The van der Waals surface area contributed by atoms with Crippen LogP contribution in [0.5, 0.6) is 0 Å². The van der Waals surface area contributed by atoms with Gasteiger partial charge in [-0.25, -0.2) is 18.7 Å². The second-order valence-electron chi connectivity index (χ2n) is 11.2. The van der Waals surface area contributed by atoms with Gasteiger partial charge in [-0.15, -0.1) is 10.2 Å². The predicted molar refractivity (Wildman–Crippen MR) is 133 cm³/mol. The number of hydrogen-bond donors (Lipinski definition) is 0. The number of rotatable bonds is 5. The number of aryl methyl sites for hydroxylation is 1. The van der Waals surface area contributed by atoms with E-state index in [-0.39, 0.29) is 31.1 Å². The summed E-state index contributed by atoms with van der Waals surface area (Å²) in [5, 5.41) is 9.69. The van der Waals surface area contributed by atoms with Gasteiger partial charge in [-0.2, -0.15) is 0 Å². The summed E-state index contributed by atoms with van der Waals surface area (Å²) >= 11 is 6.33. The summed E-state index contributed by atoms with van der Waals surface area (Å²) in [4.78, 5) is 13.0. The fraction of sp³-hybridized carbons (Fsp3) is 0.538. The summed E-state index contributed by atoms with van der Waals surface area (Å²) in [6.45, 7) is 4.41. The van der Waals surface area contributed by atoms with E-state index in [4.69, 9.17) is 16.3 Å². The van der Waals surface area contributed by atoms with Crippen LogP contribution in [0.25, 0.3) is 5.69 Å². The van der Waals surface area contributed by atoms with Crippen LogP contribution in [0.3, 0.4) is 0 Å². The number of hydrogen-bond acceptors (Lipinski definition) is 7. The molecule has 0 atom stereocenters. The van der Waals surface area contributed by atoms with Gasteiger partial charge in [0.05, 0.1) is 37.9 Å². The van der Waals surface area contributed by atoms with Crippen LogP contribution in [0, 0.1) is 18.3 Å². The molecule has 0 amide bonds. The summed E-state index contributed by atoms with van der Waals surface area (Å²) in [5.41, 5.74) is 3.06. The van der Waals surface area contributed by atoms with Gasteiger partial charge in [0.2, 0.25) is 5.95 Å². The van der Waals surface area contributed by atoms with Crippen LogP contribution in [-0.2, 0) is 17.8 Å². The summed E-state index contributed by atoms with van der Waals surface area (Å²) in [6, 6.07) is 7.59. The Morgan fingerprint density at radius 1 is 1.14 bits per heavy atom. The summed E-state index contributed by atoms with van der Waals surface area (Å²) < 4.78 is 37.0. The van der Waals surface area contributed by atoms with Crippen LogP contribution in [0.4, 0.5) is 14.7 Å². The minimum Gasteiger partial charge on any atom is -0.380 e. The van der Waals surface area contributed by atoms with E-state index in [1.54, 1.807) is 11.1 Å². The molecule has 1 saturated carbocycles. The molecule has 5 heterocycles. The van der Waals surface area contributed by atoms with E-state index in [0.717, 1.165) is 54.6 Å². The molecular formula is C26H28ClF2N7O. The largest absolute Gasteiger partial charge is 0.380 e. The number of aromatic nitrogens is 5. The Morgan fingerprint density at radius 2 is 1.95 bits per heavy atom. The summed E-state index contributed by atoms with van der Waals surface area (Å²) in [7, 11) is 0. The lowest BCUT2D eigenvalue weighted by Crippen LogP contribution is -2.62. The molecule has 1 spiro atoms. The standard InChI is InChI=1S/C26H28ClF2N7O/c1-16-4-5-30-24(31-16)35-13-25(14-35)7-18(8-25)23-33-32-22-10-34(15-26(28,29)19-11-37-12-19)9-17-6-20(27)2-3-21(17)36(22)23/h2-6,18-19H,7-15H2,1H3. The monoisotopic (exact) mass is 527 g/mol. The molecule has 1 aliphatic carbocycles. The van der Waals surface area contributed by atoms with Crippen molar-refractivity contribution >= 4 is 17.5 Å². The van der Waals surface area contributed by atoms with Crippen molar-refractivity contribution in [3.8, 4) is 5.69 Å².